The van der Waals surface area contributed by atoms with E-state index >= 15 is 0 Å². The van der Waals surface area contributed by atoms with E-state index in [1.165, 1.54) is 0 Å². The van der Waals surface area contributed by atoms with Crippen molar-refractivity contribution in [3.63, 3.8) is 0 Å². The lowest BCUT2D eigenvalue weighted by atomic mass is 10.3. The summed E-state index contributed by atoms with van der Waals surface area (Å²) in [6.45, 7) is 10.3. The van der Waals surface area contributed by atoms with Gasteiger partial charge in [-0.2, -0.15) is 5.10 Å². The monoisotopic (exact) mass is 352 g/mol. The topological polar surface area (TPSA) is 133 Å². The molecule has 0 radical (unpaired) electrons. The predicted octanol–water partition coefficient (Wildman–Crippen LogP) is 2.99. The van der Waals surface area contributed by atoms with Crippen molar-refractivity contribution < 1.29 is 9.47 Å². The smallest absolute Gasteiger partial charge is 0.161 e. The van der Waals surface area contributed by atoms with E-state index in [4.69, 9.17) is 20.0 Å². The molecule has 8 heteroatoms. The van der Waals surface area contributed by atoms with Crippen LogP contribution < -0.4 is 15.3 Å². The van der Waals surface area contributed by atoms with Crippen LogP contribution in [0.3, 0.4) is 0 Å². The van der Waals surface area contributed by atoms with Gasteiger partial charge >= 0.3 is 0 Å². The highest BCUT2D eigenvalue weighted by atomic mass is 16.5. The van der Waals surface area contributed by atoms with Crippen molar-refractivity contribution in [3.8, 4) is 24.6 Å². The number of imidazole rings is 1. The van der Waals surface area contributed by atoms with E-state index in [2.05, 4.69) is 40.8 Å². The second-order valence-electron chi connectivity index (χ2n) is 4.32. The van der Waals surface area contributed by atoms with E-state index in [-0.39, 0.29) is 0 Å². The molecule has 0 aliphatic heterocycles. The van der Waals surface area contributed by atoms with Crippen LogP contribution in [-0.4, -0.2) is 23.8 Å². The van der Waals surface area contributed by atoms with Crippen LogP contribution in [0, 0.1) is 23.7 Å². The van der Waals surface area contributed by atoms with Crippen molar-refractivity contribution >= 4 is 17.8 Å². The third-order valence-electron chi connectivity index (χ3n) is 2.87. The number of ether oxygens (including phenoxy) is 2. The molecule has 3 N–H and O–H groups in total. The first-order chi connectivity index (χ1) is 12.8. The van der Waals surface area contributed by atoms with Gasteiger partial charge in [-0.25, -0.2) is 15.5 Å². The Balaban J connectivity index is 0.000000793. The van der Waals surface area contributed by atoms with Crippen LogP contribution in [0.2, 0.25) is 0 Å². The zero-order valence-electron chi connectivity index (χ0n) is 14.4. The van der Waals surface area contributed by atoms with Gasteiger partial charge < -0.3 is 20.3 Å². The molecule has 0 fully saturated rings. The van der Waals surface area contributed by atoms with Crippen molar-refractivity contribution in [1.82, 2.24) is 9.97 Å². The number of nitrogens with two attached hydrogens (primary N) is 1. The van der Waals surface area contributed by atoms with Gasteiger partial charge in [0.1, 0.15) is 12.4 Å². The lowest BCUT2D eigenvalue weighted by Gasteiger charge is -2.08. The average Bonchev–Trinajstić information content (AvgIpc) is 3.13. The molecule has 134 valence electrons. The minimum Gasteiger partial charge on any atom is -0.493 e. The number of hydrogen-bond acceptors (Lipinski definition) is 7. The van der Waals surface area contributed by atoms with Gasteiger partial charge in [-0.05, 0) is 24.3 Å². The summed E-state index contributed by atoms with van der Waals surface area (Å²) >= 11 is 0. The molecule has 0 bridgehead atoms. The maximum absolute atomic E-state index is 6.50. The second-order valence-corrected chi connectivity index (χ2v) is 4.32. The summed E-state index contributed by atoms with van der Waals surface area (Å²) in [5, 5.41) is 15.8. The molecule has 0 saturated carbocycles. The lowest BCUT2D eigenvalue weighted by Crippen LogP contribution is -1.99. The van der Waals surface area contributed by atoms with Gasteiger partial charge in [-0.3, -0.25) is 0 Å². The van der Waals surface area contributed by atoms with Gasteiger partial charge in [0.2, 0.25) is 0 Å². The number of benzene rings is 2. The van der Waals surface area contributed by atoms with Gasteiger partial charge in [0.25, 0.3) is 0 Å². The van der Waals surface area contributed by atoms with E-state index in [9.17, 15) is 0 Å². The summed E-state index contributed by atoms with van der Waals surface area (Å²) in [5.74, 6) is 6.59. The number of fused-ring (bicyclic) bond motifs is 1. The molecule has 3 aromatic rings. The molecule has 8 nitrogen and oxygen atoms in total. The van der Waals surface area contributed by atoms with Crippen LogP contribution >= 0.6 is 0 Å². The predicted molar refractivity (Wildman–Crippen MR) is 100 cm³/mol. The van der Waals surface area contributed by atoms with Crippen LogP contribution in [0.15, 0.2) is 53.6 Å². The third kappa shape index (κ3) is 6.60. The number of aromatic amines is 1. The zero-order chi connectivity index (χ0) is 19.8. The van der Waals surface area contributed by atoms with Crippen LogP contribution in [0.25, 0.3) is 11.0 Å². The maximum Gasteiger partial charge on any atom is 0.161 e. The summed E-state index contributed by atoms with van der Waals surface area (Å²) in [7, 11) is 1.63. The molecule has 0 unspecified atom stereocenters. The number of H-pyrrole nitrogens is 1. The van der Waals surface area contributed by atoms with Crippen molar-refractivity contribution in [2.45, 2.75) is 6.61 Å². The van der Waals surface area contributed by atoms with Gasteiger partial charge in [0.15, 0.2) is 11.5 Å². The minimum atomic E-state index is 0.384. The molecule has 0 aliphatic rings. The zero-order valence-corrected chi connectivity index (χ0v) is 14.4. The summed E-state index contributed by atoms with van der Waals surface area (Å²) in [4.78, 5) is 7.69. The summed E-state index contributed by atoms with van der Waals surface area (Å²) < 4.78 is 11.0. The van der Waals surface area contributed by atoms with E-state index in [1.807, 2.05) is 48.5 Å². The fourth-order valence-electron chi connectivity index (χ4n) is 1.96. The Morgan fingerprint density at radius 1 is 1.08 bits per heavy atom. The standard InChI is InChI=1S/C15H14N2O2.CH4N2.2CHN/c1-18-13-8-4-5-9-14(13)19-10-15-16-11-6-2-3-7-12(11)17-15;1-3-2;2*1-2/h2-9H,10H2,1H3,(H,16,17);1-2H2;2*1H. The fraction of sp³-hybridized carbons (Fsp3) is 0.111. The number of aromatic nitrogens is 2. The van der Waals surface area contributed by atoms with Gasteiger partial charge in [0.05, 0.1) is 18.1 Å². The Kier molecular flexibility index (Phi) is 11.3. The molecule has 0 spiro atoms. The molecule has 0 atom stereocenters. The molecular weight excluding hydrogens is 332 g/mol. The molecule has 1 aromatic heterocycles. The number of nitriles is 2. The van der Waals surface area contributed by atoms with Crippen molar-refractivity contribution in [2.24, 2.45) is 10.9 Å². The first kappa shape index (κ1) is 22.0. The summed E-state index contributed by atoms with van der Waals surface area (Å²) in [6, 6.07) is 15.5. The molecule has 1 heterocycles. The highest BCUT2D eigenvalue weighted by Gasteiger charge is 2.05. The van der Waals surface area contributed by atoms with Gasteiger partial charge in [-0.15, -0.1) is 0 Å². The number of para-hydroxylation sites is 4. The van der Waals surface area contributed by atoms with Crippen molar-refractivity contribution in [1.29, 1.82) is 10.5 Å². The molecule has 0 saturated heterocycles. The number of nitrogens with zero attached hydrogens (tertiary/aromatic N) is 4. The van der Waals surface area contributed by atoms with E-state index in [1.54, 1.807) is 7.11 Å². The highest BCUT2D eigenvalue weighted by molar-refractivity contribution is 5.74. The Morgan fingerprint density at radius 2 is 1.62 bits per heavy atom. The quantitative estimate of drug-likeness (QED) is 0.421. The van der Waals surface area contributed by atoms with E-state index < -0.39 is 0 Å². The largest absolute Gasteiger partial charge is 0.493 e. The molecular formula is C18H20N6O2. The van der Waals surface area contributed by atoms with Crippen LogP contribution in [0.1, 0.15) is 5.82 Å². The molecule has 2 aromatic carbocycles. The lowest BCUT2D eigenvalue weighted by molar-refractivity contribution is 0.277. The van der Waals surface area contributed by atoms with E-state index in [0.717, 1.165) is 22.6 Å². The SMILES string of the molecule is C#N.C#N.C=NN.COc1ccccc1OCc1nc2ccccc2[nH]1. The fourth-order valence-corrected chi connectivity index (χ4v) is 1.96. The Bertz CT molecular complexity index is 787. The van der Waals surface area contributed by atoms with E-state index in [0.29, 0.717) is 12.4 Å². The maximum atomic E-state index is 6.50. The van der Waals surface area contributed by atoms with Crippen molar-refractivity contribution in [3.05, 3.63) is 54.4 Å². The van der Waals surface area contributed by atoms with Gasteiger partial charge in [-0.1, -0.05) is 24.3 Å². The van der Waals surface area contributed by atoms with Gasteiger partial charge in [0, 0.05) is 19.9 Å². The van der Waals surface area contributed by atoms with Crippen LogP contribution in [0.5, 0.6) is 11.5 Å². The first-order valence-electron chi connectivity index (χ1n) is 7.15. The van der Waals surface area contributed by atoms with Crippen LogP contribution in [-0.2, 0) is 6.61 Å². The normalized spacial score (nSPS) is 8.35. The average molecular weight is 352 g/mol. The molecule has 3 rings (SSSR count). The molecule has 0 amide bonds. The Hall–Kier alpha value is -4.04. The second kappa shape index (κ2) is 13.4. The summed E-state index contributed by atoms with van der Waals surface area (Å²) in [6.07, 6.45) is 0. The molecule has 0 aliphatic carbocycles. The highest BCUT2D eigenvalue weighted by Crippen LogP contribution is 2.26. The Labute approximate surface area is 152 Å². The minimum absolute atomic E-state index is 0.384. The first-order valence-corrected chi connectivity index (χ1v) is 7.15. The summed E-state index contributed by atoms with van der Waals surface area (Å²) in [5.41, 5.74) is 1.96. The number of nitrogens with one attached hydrogen (secondary N) is 1. The van der Waals surface area contributed by atoms with Crippen molar-refractivity contribution in [2.75, 3.05) is 7.11 Å². The van der Waals surface area contributed by atoms with Crippen LogP contribution in [0.4, 0.5) is 0 Å². The number of hydrazone groups is 1. The number of methoxy groups -OCH3 is 1. The molecule has 26 heavy (non-hydrogen) atoms. The number of rotatable bonds is 4. The number of hydrogen-bond donors (Lipinski definition) is 2. The Morgan fingerprint density at radius 3 is 2.19 bits per heavy atom. The third-order valence-corrected chi connectivity index (χ3v) is 2.87.